The summed E-state index contributed by atoms with van der Waals surface area (Å²) < 4.78 is 40.8. The molecule has 0 aliphatic carbocycles. The molecule has 5 heteroatoms. The molecule has 0 amide bonds. The maximum Gasteiger partial charge on any atom is 0.411 e. The van der Waals surface area contributed by atoms with Crippen LogP contribution in [0.15, 0.2) is 0 Å². The molecule has 0 bridgehead atoms. The summed E-state index contributed by atoms with van der Waals surface area (Å²) in [4.78, 5) is 0. The molecule has 0 aliphatic heterocycles. The van der Waals surface area contributed by atoms with E-state index in [2.05, 4.69) is 5.32 Å². The Balaban J connectivity index is 3.98. The van der Waals surface area contributed by atoms with Crippen molar-refractivity contribution in [3.63, 3.8) is 0 Å². The zero-order chi connectivity index (χ0) is 12.8. The first kappa shape index (κ1) is 15.7. The minimum absolute atomic E-state index is 0.104. The van der Waals surface area contributed by atoms with E-state index in [1.165, 1.54) is 0 Å². The number of alkyl halides is 3. The van der Waals surface area contributed by atoms with Crippen LogP contribution in [0.4, 0.5) is 13.2 Å². The fourth-order valence-electron chi connectivity index (χ4n) is 1.20. The third-order valence-electron chi connectivity index (χ3n) is 1.95. The van der Waals surface area contributed by atoms with E-state index < -0.39 is 12.8 Å². The highest BCUT2D eigenvalue weighted by Gasteiger charge is 2.29. The van der Waals surface area contributed by atoms with Gasteiger partial charge in [-0.2, -0.15) is 13.2 Å². The van der Waals surface area contributed by atoms with Crippen molar-refractivity contribution in [2.75, 3.05) is 13.2 Å². The van der Waals surface area contributed by atoms with Gasteiger partial charge in [0.15, 0.2) is 0 Å². The number of nitrogens with one attached hydrogen (secondary N) is 1. The number of halogens is 3. The van der Waals surface area contributed by atoms with Crippen LogP contribution < -0.4 is 5.32 Å². The molecule has 1 unspecified atom stereocenters. The molecule has 1 N–H and O–H groups in total. The molecule has 16 heavy (non-hydrogen) atoms. The van der Waals surface area contributed by atoms with Gasteiger partial charge >= 0.3 is 6.18 Å². The lowest BCUT2D eigenvalue weighted by atomic mass is 10.1. The Morgan fingerprint density at radius 1 is 1.19 bits per heavy atom. The van der Waals surface area contributed by atoms with Gasteiger partial charge < -0.3 is 10.1 Å². The van der Waals surface area contributed by atoms with Crippen LogP contribution in [0.1, 0.15) is 40.5 Å². The summed E-state index contributed by atoms with van der Waals surface area (Å²) in [7, 11) is 0. The number of hydrogen-bond acceptors (Lipinski definition) is 2. The summed E-state index contributed by atoms with van der Waals surface area (Å²) in [5.74, 6) is 0. The van der Waals surface area contributed by atoms with E-state index >= 15 is 0 Å². The Hall–Kier alpha value is -0.290. The Morgan fingerprint density at radius 2 is 1.75 bits per heavy atom. The summed E-state index contributed by atoms with van der Waals surface area (Å²) in [5, 5.41) is 3.15. The summed E-state index contributed by atoms with van der Waals surface area (Å²) in [5.41, 5.74) is -0.104. The first-order valence-corrected chi connectivity index (χ1v) is 5.57. The molecule has 1 atom stereocenters. The fraction of sp³-hybridized carbons (Fsp3) is 1.00. The molecule has 2 nitrogen and oxygen atoms in total. The lowest BCUT2D eigenvalue weighted by molar-refractivity contribution is -0.185. The van der Waals surface area contributed by atoms with Crippen LogP contribution in [0.3, 0.4) is 0 Å². The van der Waals surface area contributed by atoms with E-state index in [0.717, 1.165) is 6.42 Å². The molecular formula is C11H22F3NO. The van der Waals surface area contributed by atoms with Gasteiger partial charge in [-0.3, -0.25) is 0 Å². The minimum Gasteiger partial charge on any atom is -0.367 e. The first-order chi connectivity index (χ1) is 7.14. The quantitative estimate of drug-likeness (QED) is 0.771. The van der Waals surface area contributed by atoms with Gasteiger partial charge in [0.2, 0.25) is 0 Å². The second-order valence-corrected chi connectivity index (χ2v) is 4.97. The Bertz CT molecular complexity index is 169. The minimum atomic E-state index is -4.24. The van der Waals surface area contributed by atoms with Gasteiger partial charge in [-0.1, -0.05) is 13.3 Å². The van der Waals surface area contributed by atoms with Crippen LogP contribution in [-0.2, 0) is 4.74 Å². The number of rotatable bonds is 6. The molecule has 0 aromatic heterocycles. The summed E-state index contributed by atoms with van der Waals surface area (Å²) >= 11 is 0. The third-order valence-corrected chi connectivity index (χ3v) is 1.95. The molecule has 98 valence electrons. The molecule has 0 saturated heterocycles. The van der Waals surface area contributed by atoms with Crippen molar-refractivity contribution < 1.29 is 17.9 Å². The van der Waals surface area contributed by atoms with Gasteiger partial charge in [0.1, 0.15) is 6.61 Å². The maximum atomic E-state index is 12.0. The Kier molecular flexibility index (Phi) is 6.33. The van der Waals surface area contributed by atoms with Crippen molar-refractivity contribution >= 4 is 0 Å². The van der Waals surface area contributed by atoms with Crippen molar-refractivity contribution in [2.24, 2.45) is 0 Å². The summed E-state index contributed by atoms with van der Waals surface area (Å²) in [6, 6.07) is 0. The monoisotopic (exact) mass is 241 g/mol. The Labute approximate surface area is 95.5 Å². The molecular weight excluding hydrogens is 219 g/mol. The second kappa shape index (κ2) is 6.45. The predicted molar refractivity (Wildman–Crippen MR) is 58.5 cm³/mol. The molecule has 0 spiro atoms. The van der Waals surface area contributed by atoms with E-state index in [1.54, 1.807) is 0 Å². The summed E-state index contributed by atoms with van der Waals surface area (Å²) in [6.45, 7) is 7.14. The molecule has 0 aromatic rings. The molecule has 0 aliphatic rings. The van der Waals surface area contributed by atoms with Crippen LogP contribution in [0, 0.1) is 0 Å². The van der Waals surface area contributed by atoms with Crippen molar-refractivity contribution in [3.05, 3.63) is 0 Å². The molecule has 0 radical (unpaired) electrons. The van der Waals surface area contributed by atoms with Gasteiger partial charge in [0.25, 0.3) is 0 Å². The predicted octanol–water partition coefficient (Wildman–Crippen LogP) is 3.12. The fourth-order valence-corrected chi connectivity index (χ4v) is 1.20. The van der Waals surface area contributed by atoms with Gasteiger partial charge in [0, 0.05) is 12.1 Å². The van der Waals surface area contributed by atoms with Gasteiger partial charge in [0.05, 0.1) is 6.10 Å². The largest absolute Gasteiger partial charge is 0.411 e. The molecule has 0 rings (SSSR count). The van der Waals surface area contributed by atoms with Crippen molar-refractivity contribution in [1.29, 1.82) is 0 Å². The van der Waals surface area contributed by atoms with Crippen LogP contribution in [0.5, 0.6) is 0 Å². The lowest BCUT2D eigenvalue weighted by Crippen LogP contribution is -2.42. The van der Waals surface area contributed by atoms with Crippen molar-refractivity contribution in [2.45, 2.75) is 58.4 Å². The molecule has 0 heterocycles. The van der Waals surface area contributed by atoms with Gasteiger partial charge in [-0.15, -0.1) is 0 Å². The lowest BCUT2D eigenvalue weighted by Gasteiger charge is -2.25. The van der Waals surface area contributed by atoms with E-state index in [4.69, 9.17) is 4.74 Å². The van der Waals surface area contributed by atoms with Gasteiger partial charge in [-0.05, 0) is 27.2 Å². The highest BCUT2D eigenvalue weighted by atomic mass is 19.4. The smallest absolute Gasteiger partial charge is 0.367 e. The molecule has 0 fully saturated rings. The van der Waals surface area contributed by atoms with Crippen LogP contribution >= 0.6 is 0 Å². The van der Waals surface area contributed by atoms with Crippen LogP contribution in [0.25, 0.3) is 0 Å². The number of ether oxygens (including phenoxy) is 1. The van der Waals surface area contributed by atoms with E-state index in [-0.39, 0.29) is 11.6 Å². The zero-order valence-electron chi connectivity index (χ0n) is 10.4. The maximum absolute atomic E-state index is 12.0. The standard InChI is InChI=1S/C11H22F3NO/c1-5-6-9(7-15-10(2,3)4)16-8-11(12,13)14/h9,15H,5-8H2,1-4H3. The average molecular weight is 241 g/mol. The normalized spacial score (nSPS) is 15.2. The van der Waals surface area contributed by atoms with Gasteiger partial charge in [-0.25, -0.2) is 0 Å². The van der Waals surface area contributed by atoms with E-state index in [9.17, 15) is 13.2 Å². The zero-order valence-corrected chi connectivity index (χ0v) is 10.4. The third kappa shape index (κ3) is 10.2. The second-order valence-electron chi connectivity index (χ2n) is 4.97. The first-order valence-electron chi connectivity index (χ1n) is 5.57. The van der Waals surface area contributed by atoms with E-state index in [1.807, 2.05) is 27.7 Å². The summed E-state index contributed by atoms with van der Waals surface area (Å²) in [6.07, 6.45) is -3.16. The topological polar surface area (TPSA) is 21.3 Å². The number of hydrogen-bond donors (Lipinski definition) is 1. The van der Waals surface area contributed by atoms with Crippen molar-refractivity contribution in [1.82, 2.24) is 5.32 Å². The average Bonchev–Trinajstić information content (AvgIpc) is 2.07. The van der Waals surface area contributed by atoms with E-state index in [0.29, 0.717) is 13.0 Å². The SMILES string of the molecule is CCCC(CNC(C)(C)C)OCC(F)(F)F. The Morgan fingerprint density at radius 3 is 2.12 bits per heavy atom. The van der Waals surface area contributed by atoms with Crippen LogP contribution in [0.2, 0.25) is 0 Å². The van der Waals surface area contributed by atoms with Crippen molar-refractivity contribution in [3.8, 4) is 0 Å². The van der Waals surface area contributed by atoms with Crippen LogP contribution in [-0.4, -0.2) is 31.0 Å². The molecule has 0 aromatic carbocycles. The molecule has 0 saturated carbocycles. The highest BCUT2D eigenvalue weighted by molar-refractivity contribution is 4.73. The highest BCUT2D eigenvalue weighted by Crippen LogP contribution is 2.16.